The summed E-state index contributed by atoms with van der Waals surface area (Å²) >= 11 is 0. The van der Waals surface area contributed by atoms with Crippen molar-refractivity contribution in [1.29, 1.82) is 0 Å². The molecule has 0 bridgehead atoms. The van der Waals surface area contributed by atoms with E-state index in [0.717, 1.165) is 18.6 Å². The van der Waals surface area contributed by atoms with Gasteiger partial charge in [-0.2, -0.15) is 0 Å². The van der Waals surface area contributed by atoms with E-state index in [4.69, 9.17) is 4.74 Å². The van der Waals surface area contributed by atoms with E-state index in [-0.39, 0.29) is 6.67 Å². The zero-order valence-corrected chi connectivity index (χ0v) is 15.2. The smallest absolute Gasteiger partial charge is 0.119 e. The summed E-state index contributed by atoms with van der Waals surface area (Å²) in [4.78, 5) is 0. The Balaban J connectivity index is 1.61. The Morgan fingerprint density at radius 3 is 1.58 bits per heavy atom. The van der Waals surface area contributed by atoms with Crippen molar-refractivity contribution in [2.24, 2.45) is 0 Å². The highest BCUT2D eigenvalue weighted by Crippen LogP contribution is 2.26. The van der Waals surface area contributed by atoms with Crippen LogP contribution in [0.3, 0.4) is 0 Å². The first kappa shape index (κ1) is 18.2. The molecule has 0 saturated carbocycles. The molecule has 0 amide bonds. The van der Waals surface area contributed by atoms with Crippen LogP contribution in [0.5, 0.6) is 5.75 Å². The molecule has 0 radical (unpaired) electrons. The van der Waals surface area contributed by atoms with Gasteiger partial charge in [-0.15, -0.1) is 0 Å². The zero-order chi connectivity index (χ0) is 18.2. The number of benzene rings is 3. The van der Waals surface area contributed by atoms with Crippen LogP contribution >= 0.6 is 0 Å². The predicted octanol–water partition coefficient (Wildman–Crippen LogP) is 6.85. The first-order valence-corrected chi connectivity index (χ1v) is 9.22. The van der Waals surface area contributed by atoms with Gasteiger partial charge in [0, 0.05) is 0 Å². The molecule has 0 saturated heterocycles. The molecule has 2 heteroatoms. The Morgan fingerprint density at radius 2 is 1.08 bits per heavy atom. The molecule has 0 aliphatic rings. The second-order valence-electron chi connectivity index (χ2n) is 6.57. The van der Waals surface area contributed by atoms with Crippen LogP contribution < -0.4 is 4.74 Å². The molecule has 3 aromatic rings. The number of alkyl halides is 1. The van der Waals surface area contributed by atoms with E-state index in [2.05, 4.69) is 67.6 Å². The third-order valence-corrected chi connectivity index (χ3v) is 4.50. The van der Waals surface area contributed by atoms with Gasteiger partial charge in [0.1, 0.15) is 5.75 Å². The number of hydrogen-bond acceptors (Lipinski definition) is 1. The van der Waals surface area contributed by atoms with Crippen LogP contribution in [0.1, 0.15) is 24.8 Å². The summed E-state index contributed by atoms with van der Waals surface area (Å²) in [6.45, 7) is 2.51. The maximum absolute atomic E-state index is 12.0. The second kappa shape index (κ2) is 9.19. The molecule has 26 heavy (non-hydrogen) atoms. The highest BCUT2D eigenvalue weighted by molar-refractivity contribution is 5.70. The van der Waals surface area contributed by atoms with Crippen molar-refractivity contribution >= 4 is 0 Å². The molecule has 0 N–H and O–H groups in total. The quantitative estimate of drug-likeness (QED) is 0.405. The third kappa shape index (κ3) is 4.95. The molecule has 0 unspecified atom stereocenters. The number of aryl methyl sites for hydroxylation is 1. The van der Waals surface area contributed by atoms with Gasteiger partial charge in [-0.1, -0.05) is 66.2 Å². The van der Waals surface area contributed by atoms with Crippen LogP contribution in [0.15, 0.2) is 72.8 Å². The van der Waals surface area contributed by atoms with Gasteiger partial charge >= 0.3 is 0 Å². The Hall–Kier alpha value is -2.61. The van der Waals surface area contributed by atoms with Crippen molar-refractivity contribution in [2.45, 2.75) is 26.2 Å². The molecule has 0 aliphatic carbocycles. The summed E-state index contributed by atoms with van der Waals surface area (Å²) in [5.74, 6) is 0.866. The molecule has 0 spiro atoms. The van der Waals surface area contributed by atoms with Gasteiger partial charge in [0.15, 0.2) is 0 Å². The SMILES string of the molecule is Cc1ccc(-c2ccc(-c3ccc(OCCCCCF)cc3)cc2)cc1. The lowest BCUT2D eigenvalue weighted by atomic mass is 10.00. The zero-order valence-electron chi connectivity index (χ0n) is 15.2. The van der Waals surface area contributed by atoms with Gasteiger partial charge in [0.25, 0.3) is 0 Å². The monoisotopic (exact) mass is 348 g/mol. The fraction of sp³-hybridized carbons (Fsp3) is 0.250. The number of halogens is 1. The molecule has 0 aromatic heterocycles. The van der Waals surface area contributed by atoms with E-state index < -0.39 is 0 Å². The topological polar surface area (TPSA) is 9.23 Å². The third-order valence-electron chi connectivity index (χ3n) is 4.50. The van der Waals surface area contributed by atoms with Gasteiger partial charge in [-0.25, -0.2) is 0 Å². The van der Waals surface area contributed by atoms with Crippen LogP contribution in [-0.4, -0.2) is 13.3 Å². The van der Waals surface area contributed by atoms with Crippen molar-refractivity contribution in [3.63, 3.8) is 0 Å². The molecule has 0 atom stereocenters. The lowest BCUT2D eigenvalue weighted by Gasteiger charge is -2.08. The van der Waals surface area contributed by atoms with E-state index in [0.29, 0.717) is 13.0 Å². The van der Waals surface area contributed by atoms with Crippen LogP contribution in [0.25, 0.3) is 22.3 Å². The Morgan fingerprint density at radius 1 is 0.615 bits per heavy atom. The summed E-state index contributed by atoms with van der Waals surface area (Å²) in [6.07, 6.45) is 2.40. The summed E-state index contributed by atoms with van der Waals surface area (Å²) < 4.78 is 17.8. The summed E-state index contributed by atoms with van der Waals surface area (Å²) in [7, 11) is 0. The summed E-state index contributed by atoms with van der Waals surface area (Å²) in [5.41, 5.74) is 6.09. The first-order chi connectivity index (χ1) is 12.8. The van der Waals surface area contributed by atoms with Crippen LogP contribution in [0.4, 0.5) is 4.39 Å². The van der Waals surface area contributed by atoms with Gasteiger partial charge in [-0.3, -0.25) is 4.39 Å². The minimum Gasteiger partial charge on any atom is -0.494 e. The van der Waals surface area contributed by atoms with Gasteiger partial charge < -0.3 is 4.74 Å². The van der Waals surface area contributed by atoms with Crippen LogP contribution in [0.2, 0.25) is 0 Å². The minimum absolute atomic E-state index is 0.239. The fourth-order valence-corrected chi connectivity index (χ4v) is 2.91. The number of hydrogen-bond donors (Lipinski definition) is 0. The fourth-order valence-electron chi connectivity index (χ4n) is 2.91. The van der Waals surface area contributed by atoms with E-state index in [1.54, 1.807) is 0 Å². The standard InChI is InChI=1S/C24H25FO/c1-19-5-7-20(8-6-19)21-9-11-22(12-10-21)23-13-15-24(16-14-23)26-18-4-2-3-17-25/h5-16H,2-4,17-18H2,1H3. The van der Waals surface area contributed by atoms with Gasteiger partial charge in [-0.05, 0) is 60.6 Å². The maximum atomic E-state index is 12.0. The van der Waals surface area contributed by atoms with Crippen molar-refractivity contribution in [3.8, 4) is 28.0 Å². The Labute approximate surface area is 155 Å². The predicted molar refractivity (Wildman–Crippen MR) is 107 cm³/mol. The minimum atomic E-state index is -0.239. The van der Waals surface area contributed by atoms with Crippen molar-refractivity contribution in [2.75, 3.05) is 13.3 Å². The lowest BCUT2D eigenvalue weighted by Crippen LogP contribution is -1.97. The molecule has 0 heterocycles. The van der Waals surface area contributed by atoms with E-state index in [1.165, 1.54) is 27.8 Å². The van der Waals surface area contributed by atoms with Gasteiger partial charge in [0.2, 0.25) is 0 Å². The van der Waals surface area contributed by atoms with Crippen molar-refractivity contribution < 1.29 is 9.13 Å². The number of ether oxygens (including phenoxy) is 1. The average Bonchev–Trinajstić information content (AvgIpc) is 2.69. The molecule has 0 aliphatic heterocycles. The highest BCUT2D eigenvalue weighted by Gasteiger charge is 2.01. The van der Waals surface area contributed by atoms with E-state index in [1.807, 2.05) is 12.1 Å². The molecule has 134 valence electrons. The highest BCUT2D eigenvalue weighted by atomic mass is 19.1. The van der Waals surface area contributed by atoms with Crippen LogP contribution in [0, 0.1) is 6.92 Å². The molecular weight excluding hydrogens is 323 g/mol. The number of unbranched alkanes of at least 4 members (excludes halogenated alkanes) is 2. The Kier molecular flexibility index (Phi) is 6.43. The van der Waals surface area contributed by atoms with Crippen molar-refractivity contribution in [1.82, 2.24) is 0 Å². The number of rotatable bonds is 8. The van der Waals surface area contributed by atoms with Gasteiger partial charge in [0.05, 0.1) is 13.3 Å². The lowest BCUT2D eigenvalue weighted by molar-refractivity contribution is 0.301. The average molecular weight is 348 g/mol. The summed E-state index contributed by atoms with van der Waals surface area (Å²) in [5, 5.41) is 0. The molecular formula is C24H25FO. The molecule has 3 aromatic carbocycles. The molecule has 3 rings (SSSR count). The second-order valence-corrected chi connectivity index (χ2v) is 6.57. The van der Waals surface area contributed by atoms with E-state index >= 15 is 0 Å². The Bertz CT molecular complexity index is 789. The largest absolute Gasteiger partial charge is 0.494 e. The van der Waals surface area contributed by atoms with E-state index in [9.17, 15) is 4.39 Å². The molecule has 0 fully saturated rings. The maximum Gasteiger partial charge on any atom is 0.119 e. The normalized spacial score (nSPS) is 10.7. The van der Waals surface area contributed by atoms with Crippen LogP contribution in [-0.2, 0) is 0 Å². The molecule has 1 nitrogen and oxygen atoms in total. The summed E-state index contributed by atoms with van der Waals surface area (Å²) in [6, 6.07) is 25.4. The first-order valence-electron chi connectivity index (χ1n) is 9.22. The van der Waals surface area contributed by atoms with Crippen molar-refractivity contribution in [3.05, 3.63) is 78.4 Å².